The van der Waals surface area contributed by atoms with E-state index in [-0.39, 0.29) is 18.9 Å². The number of ether oxygens (including phenoxy) is 1. The van der Waals surface area contributed by atoms with Gasteiger partial charge < -0.3 is 15.0 Å². The minimum Gasteiger partial charge on any atom is -0.456 e. The van der Waals surface area contributed by atoms with Crippen molar-refractivity contribution in [3.05, 3.63) is 53.6 Å². The number of anilines is 2. The zero-order valence-corrected chi connectivity index (χ0v) is 17.3. The number of amides is 2. The fraction of sp³-hybridized carbons (Fsp3) is 0.286. The standard InChI is InChI=1S/C21H21ClN2O4S/c22-17-7-1-2-8-18(17)29-12-10-21(27)28-14-19(25)23-15-5-3-6-16(13-15)24-11-4-9-20(24)26/h1-3,5-8,13H,4,9-12,14H2,(H,23,25). The quantitative estimate of drug-likeness (QED) is 0.501. The zero-order valence-electron chi connectivity index (χ0n) is 15.7. The Labute approximate surface area is 178 Å². The smallest absolute Gasteiger partial charge is 0.307 e. The lowest BCUT2D eigenvalue weighted by Gasteiger charge is -2.16. The molecule has 1 aliphatic heterocycles. The molecule has 0 spiro atoms. The maximum absolute atomic E-state index is 12.1. The van der Waals surface area contributed by atoms with Gasteiger partial charge in [0.05, 0.1) is 11.4 Å². The number of thioether (sulfide) groups is 1. The number of nitrogens with zero attached hydrogens (tertiary/aromatic N) is 1. The van der Waals surface area contributed by atoms with Crippen LogP contribution in [-0.4, -0.2) is 36.7 Å². The second kappa shape index (κ2) is 10.3. The third kappa shape index (κ3) is 6.24. The molecule has 1 N–H and O–H groups in total. The van der Waals surface area contributed by atoms with Gasteiger partial charge in [0.1, 0.15) is 0 Å². The number of halogens is 1. The summed E-state index contributed by atoms with van der Waals surface area (Å²) in [6.45, 7) is 0.322. The lowest BCUT2D eigenvalue weighted by Crippen LogP contribution is -2.24. The molecule has 3 rings (SSSR count). The van der Waals surface area contributed by atoms with E-state index in [0.717, 1.165) is 17.0 Å². The maximum Gasteiger partial charge on any atom is 0.307 e. The number of carbonyl (C=O) groups excluding carboxylic acids is 3. The molecule has 152 valence electrons. The maximum atomic E-state index is 12.1. The van der Waals surface area contributed by atoms with E-state index in [1.165, 1.54) is 11.8 Å². The summed E-state index contributed by atoms with van der Waals surface area (Å²) in [6, 6.07) is 14.5. The molecule has 29 heavy (non-hydrogen) atoms. The number of esters is 1. The highest BCUT2D eigenvalue weighted by Crippen LogP contribution is 2.27. The normalized spacial score (nSPS) is 13.4. The van der Waals surface area contributed by atoms with Crippen LogP contribution in [0.1, 0.15) is 19.3 Å². The van der Waals surface area contributed by atoms with Crippen molar-refractivity contribution in [3.63, 3.8) is 0 Å². The van der Waals surface area contributed by atoms with Gasteiger partial charge in [-0.3, -0.25) is 14.4 Å². The number of hydrogen-bond donors (Lipinski definition) is 1. The number of nitrogens with one attached hydrogen (secondary N) is 1. The summed E-state index contributed by atoms with van der Waals surface area (Å²) in [5.74, 6) is -0.286. The van der Waals surface area contributed by atoms with Crippen LogP contribution in [0.3, 0.4) is 0 Å². The Bertz CT molecular complexity index is 906. The Kier molecular flexibility index (Phi) is 7.55. The first-order valence-electron chi connectivity index (χ1n) is 9.26. The largest absolute Gasteiger partial charge is 0.456 e. The Morgan fingerprint density at radius 1 is 1.17 bits per heavy atom. The summed E-state index contributed by atoms with van der Waals surface area (Å²) in [6.07, 6.45) is 1.55. The van der Waals surface area contributed by atoms with Crippen LogP contribution < -0.4 is 10.2 Å². The lowest BCUT2D eigenvalue weighted by atomic mass is 10.2. The predicted molar refractivity (Wildman–Crippen MR) is 114 cm³/mol. The van der Waals surface area contributed by atoms with E-state index in [9.17, 15) is 14.4 Å². The van der Waals surface area contributed by atoms with Gasteiger partial charge in [0.25, 0.3) is 5.91 Å². The van der Waals surface area contributed by atoms with Crippen LogP contribution in [0.4, 0.5) is 11.4 Å². The van der Waals surface area contributed by atoms with Crippen molar-refractivity contribution in [3.8, 4) is 0 Å². The van der Waals surface area contributed by atoms with Crippen LogP contribution in [0.5, 0.6) is 0 Å². The summed E-state index contributed by atoms with van der Waals surface area (Å²) >= 11 is 7.53. The molecule has 2 aromatic rings. The van der Waals surface area contributed by atoms with Crippen LogP contribution in [0.2, 0.25) is 5.02 Å². The van der Waals surface area contributed by atoms with Crippen molar-refractivity contribution in [1.82, 2.24) is 0 Å². The second-order valence-electron chi connectivity index (χ2n) is 6.44. The van der Waals surface area contributed by atoms with Crippen LogP contribution in [-0.2, 0) is 19.1 Å². The van der Waals surface area contributed by atoms with Crippen LogP contribution in [0, 0.1) is 0 Å². The number of hydrogen-bond acceptors (Lipinski definition) is 5. The molecule has 0 saturated carbocycles. The van der Waals surface area contributed by atoms with Crippen LogP contribution in [0.15, 0.2) is 53.4 Å². The minimum absolute atomic E-state index is 0.0806. The monoisotopic (exact) mass is 432 g/mol. The van der Waals surface area contributed by atoms with E-state index in [1.54, 1.807) is 29.2 Å². The summed E-state index contributed by atoms with van der Waals surface area (Å²) < 4.78 is 5.03. The van der Waals surface area contributed by atoms with Gasteiger partial charge >= 0.3 is 5.97 Å². The van der Waals surface area contributed by atoms with Crippen molar-refractivity contribution in [2.24, 2.45) is 0 Å². The summed E-state index contributed by atoms with van der Waals surface area (Å²) in [5, 5.41) is 3.33. The van der Waals surface area contributed by atoms with Gasteiger partial charge in [-0.2, -0.15) is 0 Å². The summed E-state index contributed by atoms with van der Waals surface area (Å²) in [4.78, 5) is 38.4. The fourth-order valence-electron chi connectivity index (χ4n) is 2.89. The van der Waals surface area contributed by atoms with Crippen molar-refractivity contribution in [2.75, 3.05) is 29.1 Å². The van der Waals surface area contributed by atoms with E-state index in [0.29, 0.717) is 29.4 Å². The van der Waals surface area contributed by atoms with Gasteiger partial charge in [-0.1, -0.05) is 29.8 Å². The van der Waals surface area contributed by atoms with E-state index in [1.807, 2.05) is 24.3 Å². The molecule has 2 amide bonds. The molecule has 1 heterocycles. The number of rotatable bonds is 8. The molecule has 0 aliphatic carbocycles. The molecule has 1 aliphatic rings. The second-order valence-corrected chi connectivity index (χ2v) is 7.98. The van der Waals surface area contributed by atoms with E-state index in [4.69, 9.17) is 16.3 Å². The topological polar surface area (TPSA) is 75.7 Å². The van der Waals surface area contributed by atoms with E-state index < -0.39 is 11.9 Å². The highest BCUT2D eigenvalue weighted by Gasteiger charge is 2.21. The van der Waals surface area contributed by atoms with Crippen molar-refractivity contribution in [1.29, 1.82) is 0 Å². The lowest BCUT2D eigenvalue weighted by molar-refractivity contribution is -0.146. The first-order valence-corrected chi connectivity index (χ1v) is 10.6. The number of carbonyl (C=O) groups is 3. The predicted octanol–water partition coefficient (Wildman–Crippen LogP) is 4.13. The molecule has 0 bridgehead atoms. The molecule has 2 aromatic carbocycles. The van der Waals surface area contributed by atoms with Gasteiger partial charge in [0.15, 0.2) is 6.61 Å². The fourth-order valence-corrected chi connectivity index (χ4v) is 4.06. The molecular formula is C21H21ClN2O4S. The minimum atomic E-state index is -0.448. The number of benzene rings is 2. The molecular weight excluding hydrogens is 412 g/mol. The van der Waals surface area contributed by atoms with Gasteiger partial charge in [0, 0.05) is 35.0 Å². The van der Waals surface area contributed by atoms with Crippen molar-refractivity contribution < 1.29 is 19.1 Å². The highest BCUT2D eigenvalue weighted by molar-refractivity contribution is 7.99. The molecule has 0 unspecified atom stereocenters. The third-order valence-electron chi connectivity index (χ3n) is 4.28. The van der Waals surface area contributed by atoms with Crippen molar-refractivity contribution >= 4 is 52.5 Å². The van der Waals surface area contributed by atoms with E-state index >= 15 is 0 Å². The van der Waals surface area contributed by atoms with Crippen LogP contribution >= 0.6 is 23.4 Å². The first-order chi connectivity index (χ1) is 14.0. The summed E-state index contributed by atoms with van der Waals surface area (Å²) in [5.41, 5.74) is 1.30. The van der Waals surface area contributed by atoms with Crippen LogP contribution in [0.25, 0.3) is 0 Å². The Morgan fingerprint density at radius 3 is 2.76 bits per heavy atom. The zero-order chi connectivity index (χ0) is 20.6. The molecule has 0 atom stereocenters. The SMILES string of the molecule is O=C(COC(=O)CCSc1ccccc1Cl)Nc1cccc(N2CCCC2=O)c1. The first kappa shape index (κ1) is 21.2. The van der Waals surface area contributed by atoms with Gasteiger partial charge in [-0.15, -0.1) is 11.8 Å². The molecule has 8 heteroatoms. The highest BCUT2D eigenvalue weighted by atomic mass is 35.5. The van der Waals surface area contributed by atoms with Gasteiger partial charge in [0.2, 0.25) is 5.91 Å². The van der Waals surface area contributed by atoms with Gasteiger partial charge in [-0.05, 0) is 36.8 Å². The molecule has 1 saturated heterocycles. The molecule has 6 nitrogen and oxygen atoms in total. The third-order valence-corrected chi connectivity index (χ3v) is 5.80. The molecule has 0 aromatic heterocycles. The van der Waals surface area contributed by atoms with Gasteiger partial charge in [-0.25, -0.2) is 0 Å². The average Bonchev–Trinajstić information content (AvgIpc) is 3.14. The Hall–Kier alpha value is -2.51. The molecule has 0 radical (unpaired) electrons. The summed E-state index contributed by atoms with van der Waals surface area (Å²) in [7, 11) is 0. The molecule has 1 fully saturated rings. The Balaban J connectivity index is 1.41. The Morgan fingerprint density at radius 2 is 2.00 bits per heavy atom. The van der Waals surface area contributed by atoms with E-state index in [2.05, 4.69) is 5.32 Å². The average molecular weight is 433 g/mol. The van der Waals surface area contributed by atoms with Crippen molar-refractivity contribution in [2.45, 2.75) is 24.2 Å².